The number of hydrogen-bond acceptors (Lipinski definition) is 3. The maximum absolute atomic E-state index is 5.84. The number of nitrogens with zero attached hydrogens (tertiary/aromatic N) is 4. The molecule has 0 saturated heterocycles. The van der Waals surface area contributed by atoms with Crippen LogP contribution < -0.4 is 0 Å². The topological polar surface area (TPSA) is 75.2 Å². The highest BCUT2D eigenvalue weighted by Gasteiger charge is 2.28. The highest BCUT2D eigenvalue weighted by atomic mass is 15.0. The third kappa shape index (κ3) is 10.2. The van der Waals surface area contributed by atoms with Crippen molar-refractivity contribution < 1.29 is 0 Å². The molecule has 0 aliphatic carbocycles. The Morgan fingerprint density at radius 2 is 0.675 bits per heavy atom. The van der Waals surface area contributed by atoms with Crippen LogP contribution in [0.2, 0.25) is 0 Å². The molecule has 77 heavy (non-hydrogen) atoms. The number of aryl methyl sites for hydroxylation is 1. The Morgan fingerprint density at radius 1 is 0.377 bits per heavy atom. The van der Waals surface area contributed by atoms with E-state index in [0.29, 0.717) is 0 Å². The molecule has 8 aromatic rings. The summed E-state index contributed by atoms with van der Waals surface area (Å²) in [6.07, 6.45) is 12.8. The number of nitrogens with one attached hydrogen (secondary N) is 2. The zero-order chi connectivity index (χ0) is 55.5. The van der Waals surface area contributed by atoms with Crippen molar-refractivity contribution in [2.75, 3.05) is 0 Å². The van der Waals surface area contributed by atoms with Gasteiger partial charge in [-0.05, 0) is 150 Å². The van der Waals surface area contributed by atoms with E-state index in [-0.39, 0.29) is 32.5 Å². The molecule has 0 spiro atoms. The van der Waals surface area contributed by atoms with Crippen LogP contribution >= 0.6 is 0 Å². The Bertz CT molecular complexity index is 3720. The van der Waals surface area contributed by atoms with Crippen LogP contribution in [0.3, 0.4) is 0 Å². The molecule has 396 valence electrons. The van der Waals surface area contributed by atoms with E-state index in [4.69, 9.17) is 9.97 Å². The molecule has 10 rings (SSSR count). The van der Waals surface area contributed by atoms with Gasteiger partial charge in [-0.25, -0.2) is 9.97 Å². The van der Waals surface area contributed by atoms with Gasteiger partial charge in [0, 0.05) is 63.1 Å². The number of aromatic amines is 2. The molecule has 5 aromatic heterocycles. The predicted molar refractivity (Wildman–Crippen MR) is 332 cm³/mol. The monoisotopic (exact) mass is 1020 g/mol. The van der Waals surface area contributed by atoms with Crippen LogP contribution in [0.4, 0.5) is 0 Å². The van der Waals surface area contributed by atoms with Crippen LogP contribution in [0.25, 0.3) is 102 Å². The number of rotatable bonds is 5. The second-order valence-electron chi connectivity index (χ2n) is 28.1. The molecule has 0 unspecified atom stereocenters. The average molecular weight is 1020 g/mol. The number of fused-ring (bicyclic) bond motifs is 9. The fourth-order valence-electron chi connectivity index (χ4n) is 11.0. The van der Waals surface area contributed by atoms with E-state index in [1.165, 1.54) is 33.4 Å². The number of H-pyrrole nitrogens is 2. The molecule has 0 amide bonds. The molecule has 0 radical (unpaired) electrons. The van der Waals surface area contributed by atoms with Crippen molar-refractivity contribution in [1.82, 2.24) is 29.5 Å². The van der Waals surface area contributed by atoms with Gasteiger partial charge in [0.05, 0.1) is 39.5 Å². The highest BCUT2D eigenvalue weighted by Crippen LogP contribution is 2.44. The summed E-state index contributed by atoms with van der Waals surface area (Å²) in [5.41, 5.74) is 24.5. The van der Waals surface area contributed by atoms with Gasteiger partial charge < -0.3 is 14.5 Å². The Kier molecular flexibility index (Phi) is 12.9. The van der Waals surface area contributed by atoms with E-state index >= 15 is 0 Å². The molecule has 3 aromatic carbocycles. The molecule has 0 fully saturated rings. The summed E-state index contributed by atoms with van der Waals surface area (Å²) >= 11 is 0. The molecule has 2 aliphatic rings. The van der Waals surface area contributed by atoms with E-state index in [1.54, 1.807) is 0 Å². The molecular formula is C71H82N6. The molecule has 6 nitrogen and oxygen atoms in total. The summed E-state index contributed by atoms with van der Waals surface area (Å²) in [6, 6.07) is 35.1. The zero-order valence-corrected chi connectivity index (χ0v) is 49.6. The summed E-state index contributed by atoms with van der Waals surface area (Å²) in [5, 5.41) is 1.09. The van der Waals surface area contributed by atoms with Gasteiger partial charge in [0.2, 0.25) is 0 Å². The molecule has 2 aliphatic heterocycles. The fourth-order valence-corrected chi connectivity index (χ4v) is 11.0. The lowest BCUT2D eigenvalue weighted by Gasteiger charge is -2.26. The summed E-state index contributed by atoms with van der Waals surface area (Å²) in [7, 11) is 0. The minimum absolute atomic E-state index is 0.0985. The van der Waals surface area contributed by atoms with Crippen molar-refractivity contribution in [2.45, 2.75) is 171 Å². The maximum Gasteiger partial charge on any atom is 0.0752 e. The Hall–Kier alpha value is -7.05. The molecule has 7 heterocycles. The Balaban J connectivity index is 1.45. The van der Waals surface area contributed by atoms with Gasteiger partial charge >= 0.3 is 0 Å². The van der Waals surface area contributed by atoms with Crippen molar-refractivity contribution in [3.8, 4) is 44.6 Å². The maximum atomic E-state index is 5.84. The van der Waals surface area contributed by atoms with E-state index in [2.05, 4.69) is 266 Å². The van der Waals surface area contributed by atoms with Crippen LogP contribution in [-0.2, 0) is 39.0 Å². The van der Waals surface area contributed by atoms with Crippen molar-refractivity contribution in [3.05, 3.63) is 160 Å². The van der Waals surface area contributed by atoms with Crippen molar-refractivity contribution in [1.29, 1.82) is 0 Å². The van der Waals surface area contributed by atoms with Crippen molar-refractivity contribution >= 4 is 57.3 Å². The van der Waals surface area contributed by atoms with E-state index in [0.717, 1.165) is 107 Å². The summed E-state index contributed by atoms with van der Waals surface area (Å²) in [4.78, 5) is 24.4. The smallest absolute Gasteiger partial charge is 0.0752 e. The van der Waals surface area contributed by atoms with Gasteiger partial charge in [-0.2, -0.15) is 0 Å². The Morgan fingerprint density at radius 3 is 0.974 bits per heavy atom. The van der Waals surface area contributed by atoms with E-state index in [9.17, 15) is 0 Å². The van der Waals surface area contributed by atoms with E-state index < -0.39 is 0 Å². The van der Waals surface area contributed by atoms with Crippen LogP contribution in [0.15, 0.2) is 103 Å². The molecule has 2 N–H and O–H groups in total. The second kappa shape index (κ2) is 18.6. The minimum atomic E-state index is -0.0989. The number of benzene rings is 3. The van der Waals surface area contributed by atoms with Crippen molar-refractivity contribution in [3.63, 3.8) is 0 Å². The van der Waals surface area contributed by atoms with Gasteiger partial charge in [0.25, 0.3) is 0 Å². The third-order valence-electron chi connectivity index (χ3n) is 15.9. The molecule has 0 saturated carbocycles. The second-order valence-corrected chi connectivity index (χ2v) is 28.1. The first kappa shape index (κ1) is 53.4. The van der Waals surface area contributed by atoms with E-state index in [1.807, 2.05) is 12.4 Å². The third-order valence-corrected chi connectivity index (χ3v) is 15.9. The van der Waals surface area contributed by atoms with Crippen LogP contribution in [0, 0.1) is 0 Å². The van der Waals surface area contributed by atoms with Crippen molar-refractivity contribution in [2.24, 2.45) is 0 Å². The fraction of sp³-hybridized carbons (Fsp3) is 0.366. The number of hydrogen-bond donors (Lipinski definition) is 2. The summed E-state index contributed by atoms with van der Waals surface area (Å²) in [6.45, 7) is 44.7. The minimum Gasteiger partial charge on any atom is -0.354 e. The van der Waals surface area contributed by atoms with Gasteiger partial charge in [-0.15, -0.1) is 0 Å². The predicted octanol–water partition coefficient (Wildman–Crippen LogP) is 19.5. The summed E-state index contributed by atoms with van der Waals surface area (Å²) < 4.78 is 2.40. The first-order valence-electron chi connectivity index (χ1n) is 28.0. The largest absolute Gasteiger partial charge is 0.354 e. The SMILES string of the molecule is CCn1c(-c2c3nc(c(-c4cc(C(C)(C)C)cc(C(C)(C)C)c4)c4ccc([nH]4)c(-c4cc(C(C)(C)C)cc(C(C)(C)C)c4)c4nc(c(-c5cc(C(C)(C)C)cc(C(C)(C)C)c5)c5ccc2[nH]5)C=C4)C=C3)cc2cnccc21. The lowest BCUT2D eigenvalue weighted by Crippen LogP contribution is -2.16. The quantitative estimate of drug-likeness (QED) is 0.180. The molecule has 0 atom stereocenters. The molecule has 6 heteroatoms. The van der Waals surface area contributed by atoms with Crippen LogP contribution in [0.1, 0.15) is 188 Å². The lowest BCUT2D eigenvalue weighted by atomic mass is 9.78. The number of aromatic nitrogens is 6. The van der Waals surface area contributed by atoms with Gasteiger partial charge in [-0.3, -0.25) is 4.98 Å². The van der Waals surface area contributed by atoms with Gasteiger partial charge in [-0.1, -0.05) is 179 Å². The first-order chi connectivity index (χ1) is 35.9. The van der Waals surface area contributed by atoms with Gasteiger partial charge in [0.15, 0.2) is 0 Å². The first-order valence-corrected chi connectivity index (χ1v) is 28.0. The highest BCUT2D eigenvalue weighted by molar-refractivity contribution is 6.01. The van der Waals surface area contributed by atoms with Crippen LogP contribution in [0.5, 0.6) is 0 Å². The standard InChI is InChI=1S/C71H82N6/c1-20-77-60-29-30-72-41-45(60)37-61(77)65-58-27-25-56(75-58)63(43-33-48(68(8,9)10)39-49(34-43)69(11,12)13)54-23-21-52(73-54)62(42-31-46(66(2,3)4)38-47(32-42)67(5,6)7)53-22-24-55(74-53)64(57-26-28-59(65)76-57)44-35-50(70(14,15)16)40-51(36-44)71(17,18)19/h21-41,73,76H,20H2,1-19H3. The molecule has 8 bridgehead atoms. The lowest BCUT2D eigenvalue weighted by molar-refractivity contribution is 0.568. The average Bonchev–Trinajstić information content (AvgIpc) is 4.27. The zero-order valence-electron chi connectivity index (χ0n) is 49.6. The van der Waals surface area contributed by atoms with Gasteiger partial charge in [0.1, 0.15) is 0 Å². The Labute approximate surface area is 459 Å². The van der Waals surface area contributed by atoms with Crippen LogP contribution in [-0.4, -0.2) is 29.5 Å². The normalized spacial score (nSPS) is 13.6. The number of pyridine rings is 1. The summed E-state index contributed by atoms with van der Waals surface area (Å²) in [5.74, 6) is 0. The molecular weight excluding hydrogens is 937 g/mol.